The van der Waals surface area contributed by atoms with Crippen molar-refractivity contribution >= 4 is 11.3 Å². The van der Waals surface area contributed by atoms with Gasteiger partial charge in [0.25, 0.3) is 0 Å². The topological polar surface area (TPSA) is 25.8 Å². The molecule has 0 N–H and O–H groups in total. The number of rotatable bonds is 1. The molecular formula is C11H12N2S. The number of aryl methyl sites for hydroxylation is 3. The van der Waals surface area contributed by atoms with Crippen LogP contribution < -0.4 is 0 Å². The molecule has 2 aromatic heterocycles. The van der Waals surface area contributed by atoms with Gasteiger partial charge in [-0.3, -0.25) is 4.98 Å². The first-order chi connectivity index (χ1) is 6.66. The van der Waals surface area contributed by atoms with Crippen LogP contribution >= 0.6 is 11.3 Å². The molecule has 0 unspecified atom stereocenters. The van der Waals surface area contributed by atoms with E-state index in [1.54, 1.807) is 11.3 Å². The average molecular weight is 204 g/mol. The molecule has 0 aliphatic carbocycles. The van der Waals surface area contributed by atoms with Gasteiger partial charge in [-0.05, 0) is 31.9 Å². The smallest absolute Gasteiger partial charge is 0.142 e. The molecule has 2 aromatic rings. The Labute approximate surface area is 87.7 Å². The van der Waals surface area contributed by atoms with Crippen LogP contribution in [0.25, 0.3) is 10.7 Å². The van der Waals surface area contributed by atoms with Crippen LogP contribution in [0.4, 0.5) is 0 Å². The fraction of sp³-hybridized carbons (Fsp3) is 0.273. The lowest BCUT2D eigenvalue weighted by Crippen LogP contribution is -1.88. The molecule has 0 aliphatic heterocycles. The number of hydrogen-bond donors (Lipinski definition) is 0. The summed E-state index contributed by atoms with van der Waals surface area (Å²) in [6.45, 7) is 6.19. The summed E-state index contributed by atoms with van der Waals surface area (Å²) in [5, 5.41) is 1.01. The maximum absolute atomic E-state index is 4.41. The van der Waals surface area contributed by atoms with Gasteiger partial charge in [0, 0.05) is 17.3 Å². The van der Waals surface area contributed by atoms with Crippen molar-refractivity contribution in [2.24, 2.45) is 0 Å². The summed E-state index contributed by atoms with van der Waals surface area (Å²) in [7, 11) is 0. The van der Waals surface area contributed by atoms with Crippen molar-refractivity contribution in [3.8, 4) is 10.7 Å². The molecule has 0 radical (unpaired) electrons. The predicted octanol–water partition coefficient (Wildman–Crippen LogP) is 3.13. The molecule has 0 spiro atoms. The zero-order valence-electron chi connectivity index (χ0n) is 8.53. The maximum atomic E-state index is 4.41. The Kier molecular flexibility index (Phi) is 2.33. The van der Waals surface area contributed by atoms with Crippen LogP contribution in [0.15, 0.2) is 18.5 Å². The van der Waals surface area contributed by atoms with Crippen molar-refractivity contribution in [1.82, 2.24) is 9.97 Å². The molecule has 0 fully saturated rings. The summed E-state index contributed by atoms with van der Waals surface area (Å²) in [6.07, 6.45) is 3.78. The molecule has 14 heavy (non-hydrogen) atoms. The van der Waals surface area contributed by atoms with Gasteiger partial charge in [-0.1, -0.05) is 6.07 Å². The van der Waals surface area contributed by atoms with Crippen molar-refractivity contribution in [3.63, 3.8) is 0 Å². The van der Waals surface area contributed by atoms with Gasteiger partial charge in [-0.15, -0.1) is 11.3 Å². The summed E-state index contributed by atoms with van der Waals surface area (Å²) >= 11 is 1.69. The summed E-state index contributed by atoms with van der Waals surface area (Å²) in [4.78, 5) is 9.97. The molecule has 0 bridgehead atoms. The molecule has 0 saturated carbocycles. The quantitative estimate of drug-likeness (QED) is 0.713. The Bertz CT molecular complexity index is 460. The van der Waals surface area contributed by atoms with E-state index in [-0.39, 0.29) is 0 Å². The van der Waals surface area contributed by atoms with Crippen LogP contribution in [0.2, 0.25) is 0 Å². The zero-order chi connectivity index (χ0) is 10.1. The molecule has 2 heterocycles. The van der Waals surface area contributed by atoms with Crippen molar-refractivity contribution in [2.45, 2.75) is 20.8 Å². The highest BCUT2D eigenvalue weighted by Crippen LogP contribution is 2.25. The second-order valence-electron chi connectivity index (χ2n) is 3.45. The highest BCUT2D eigenvalue weighted by Gasteiger charge is 2.06. The summed E-state index contributed by atoms with van der Waals surface area (Å²) in [5.41, 5.74) is 3.40. The number of pyridine rings is 1. The molecular weight excluding hydrogens is 192 g/mol. The first-order valence-corrected chi connectivity index (χ1v) is 5.34. The molecule has 3 heteroatoms. The number of nitrogens with zero attached hydrogens (tertiary/aromatic N) is 2. The van der Waals surface area contributed by atoms with Crippen molar-refractivity contribution in [1.29, 1.82) is 0 Å². The van der Waals surface area contributed by atoms with E-state index >= 15 is 0 Å². The van der Waals surface area contributed by atoms with E-state index in [4.69, 9.17) is 0 Å². The second-order valence-corrected chi connectivity index (χ2v) is 4.69. The Hall–Kier alpha value is -1.22. The zero-order valence-corrected chi connectivity index (χ0v) is 9.35. The van der Waals surface area contributed by atoms with Crippen molar-refractivity contribution in [3.05, 3.63) is 34.5 Å². The van der Waals surface area contributed by atoms with Crippen LogP contribution in [0.1, 0.15) is 16.0 Å². The third kappa shape index (κ3) is 1.68. The monoisotopic (exact) mass is 204 g/mol. The molecule has 2 rings (SSSR count). The fourth-order valence-electron chi connectivity index (χ4n) is 1.40. The minimum absolute atomic E-state index is 1.01. The van der Waals surface area contributed by atoms with Gasteiger partial charge in [0.1, 0.15) is 10.7 Å². The minimum Gasteiger partial charge on any atom is -0.253 e. The lowest BCUT2D eigenvalue weighted by molar-refractivity contribution is 1.21. The van der Waals surface area contributed by atoms with Gasteiger partial charge in [-0.25, -0.2) is 4.98 Å². The molecule has 2 nitrogen and oxygen atoms in total. The van der Waals surface area contributed by atoms with E-state index < -0.39 is 0 Å². The van der Waals surface area contributed by atoms with Gasteiger partial charge in [0.05, 0.1) is 0 Å². The van der Waals surface area contributed by atoms with Crippen LogP contribution in [0.5, 0.6) is 0 Å². The van der Waals surface area contributed by atoms with E-state index in [0.717, 1.165) is 10.7 Å². The molecule has 0 amide bonds. The summed E-state index contributed by atoms with van der Waals surface area (Å²) in [5.74, 6) is 0. The normalized spacial score (nSPS) is 10.5. The van der Waals surface area contributed by atoms with Crippen LogP contribution in [0.3, 0.4) is 0 Å². The third-order valence-electron chi connectivity index (χ3n) is 2.04. The van der Waals surface area contributed by atoms with Crippen molar-refractivity contribution in [2.75, 3.05) is 0 Å². The second kappa shape index (κ2) is 3.50. The van der Waals surface area contributed by atoms with Crippen LogP contribution in [0, 0.1) is 20.8 Å². The molecule has 72 valence electrons. The van der Waals surface area contributed by atoms with Gasteiger partial charge in [0.15, 0.2) is 0 Å². The molecule has 0 aliphatic rings. The summed E-state index contributed by atoms with van der Waals surface area (Å²) < 4.78 is 0. The van der Waals surface area contributed by atoms with Crippen LogP contribution in [-0.2, 0) is 0 Å². The maximum Gasteiger partial charge on any atom is 0.142 e. The first-order valence-electron chi connectivity index (χ1n) is 4.53. The fourth-order valence-corrected chi connectivity index (χ4v) is 2.23. The van der Waals surface area contributed by atoms with Crippen LogP contribution in [-0.4, -0.2) is 9.97 Å². The first kappa shape index (κ1) is 9.34. The van der Waals surface area contributed by atoms with Gasteiger partial charge < -0.3 is 0 Å². The minimum atomic E-state index is 1.01. The third-order valence-corrected chi connectivity index (χ3v) is 2.96. The highest BCUT2D eigenvalue weighted by molar-refractivity contribution is 7.14. The largest absolute Gasteiger partial charge is 0.253 e. The Morgan fingerprint density at radius 2 is 1.86 bits per heavy atom. The van der Waals surface area contributed by atoms with Gasteiger partial charge >= 0.3 is 0 Å². The van der Waals surface area contributed by atoms with E-state index in [9.17, 15) is 0 Å². The summed E-state index contributed by atoms with van der Waals surface area (Å²) in [6, 6.07) is 2.14. The number of thiazole rings is 1. The van der Waals surface area contributed by atoms with Crippen molar-refractivity contribution < 1.29 is 0 Å². The molecule has 0 aromatic carbocycles. The number of hydrogen-bond acceptors (Lipinski definition) is 3. The number of aromatic nitrogens is 2. The highest BCUT2D eigenvalue weighted by atomic mass is 32.1. The lowest BCUT2D eigenvalue weighted by Gasteiger charge is -2.01. The lowest BCUT2D eigenvalue weighted by atomic mass is 10.2. The Morgan fingerprint density at radius 1 is 1.07 bits per heavy atom. The molecule has 0 saturated heterocycles. The SMILES string of the molecule is Cc1cnc(-c2ncc(C)s2)c(C)c1. The van der Waals surface area contributed by atoms with E-state index in [1.165, 1.54) is 16.0 Å². The van der Waals surface area contributed by atoms with E-state index in [1.807, 2.05) is 12.4 Å². The van der Waals surface area contributed by atoms with Gasteiger partial charge in [-0.2, -0.15) is 0 Å². The predicted molar refractivity (Wildman–Crippen MR) is 59.6 cm³/mol. The standard InChI is InChI=1S/C11H12N2S/c1-7-4-8(2)10(12-5-7)11-13-6-9(3)14-11/h4-6H,1-3H3. The Morgan fingerprint density at radius 3 is 2.43 bits per heavy atom. The average Bonchev–Trinajstić information content (AvgIpc) is 2.51. The molecule has 0 atom stereocenters. The Balaban J connectivity index is 2.52. The van der Waals surface area contributed by atoms with E-state index in [0.29, 0.717) is 0 Å². The van der Waals surface area contributed by atoms with Gasteiger partial charge in [0.2, 0.25) is 0 Å². The van der Waals surface area contributed by atoms with E-state index in [2.05, 4.69) is 36.8 Å².